The fraction of sp³-hybridized carbons (Fsp3) is 0.333. The van der Waals surface area contributed by atoms with Gasteiger partial charge in [0.2, 0.25) is 0 Å². The Morgan fingerprint density at radius 3 is 2.00 bits per heavy atom. The molecule has 3 heteroatoms. The number of rotatable bonds is 7. The molecule has 0 heterocycles. The van der Waals surface area contributed by atoms with Crippen LogP contribution in [0.4, 0.5) is 0 Å². The van der Waals surface area contributed by atoms with Crippen molar-refractivity contribution in [3.05, 3.63) is 72.8 Å². The van der Waals surface area contributed by atoms with E-state index < -0.39 is 20.8 Å². The zero-order valence-corrected chi connectivity index (χ0v) is 16.4. The summed E-state index contributed by atoms with van der Waals surface area (Å²) >= 11 is -0.826. The molecule has 0 N–H and O–H groups in total. The summed E-state index contributed by atoms with van der Waals surface area (Å²) in [6, 6.07) is 18.7. The molecule has 0 saturated heterocycles. The van der Waals surface area contributed by atoms with E-state index in [1.165, 1.54) is 44.1 Å². The van der Waals surface area contributed by atoms with Gasteiger partial charge >= 0.3 is 37.9 Å². The molecular formula is C18H24Cl2Zr. The summed E-state index contributed by atoms with van der Waals surface area (Å²) in [4.78, 5) is 0. The third-order valence-corrected chi connectivity index (χ3v) is 2.91. The molecule has 2 aromatic carbocycles. The summed E-state index contributed by atoms with van der Waals surface area (Å²) in [5.74, 6) is 0. The van der Waals surface area contributed by atoms with Gasteiger partial charge in [0.1, 0.15) is 0 Å². The maximum Gasteiger partial charge on any atom is -0.172 e. The molecule has 0 saturated carbocycles. The topological polar surface area (TPSA) is 0 Å². The van der Waals surface area contributed by atoms with Crippen LogP contribution in [0.2, 0.25) is 0 Å². The van der Waals surface area contributed by atoms with Gasteiger partial charge in [0, 0.05) is 0 Å². The van der Waals surface area contributed by atoms with Gasteiger partial charge in [-0.15, -0.1) is 6.58 Å². The zero-order valence-electron chi connectivity index (χ0n) is 12.5. The van der Waals surface area contributed by atoms with E-state index >= 15 is 0 Å². The molecule has 0 atom stereocenters. The van der Waals surface area contributed by atoms with Crippen molar-refractivity contribution >= 4 is 17.0 Å². The summed E-state index contributed by atoms with van der Waals surface area (Å²) in [7, 11) is 9.87. The second kappa shape index (κ2) is 18.0. The SMILES string of the molecule is C=CCCCCCC[c-]1cccc1.[Cl][Zr+2][Cl].c1cc[cH-]c1. The molecular weight excluding hydrogens is 378 g/mol. The average Bonchev–Trinajstić information content (AvgIpc) is 3.18. The van der Waals surface area contributed by atoms with Crippen LogP contribution < -0.4 is 0 Å². The van der Waals surface area contributed by atoms with Crippen molar-refractivity contribution in [2.45, 2.75) is 38.5 Å². The Morgan fingerprint density at radius 1 is 0.952 bits per heavy atom. The van der Waals surface area contributed by atoms with Crippen LogP contribution in [0.15, 0.2) is 67.3 Å². The van der Waals surface area contributed by atoms with E-state index in [1.54, 1.807) is 0 Å². The molecule has 2 aromatic rings. The Bertz CT molecular complexity index is 362. The van der Waals surface area contributed by atoms with Gasteiger partial charge < -0.3 is 0 Å². The van der Waals surface area contributed by atoms with Gasteiger partial charge in [0.15, 0.2) is 0 Å². The molecule has 0 fully saturated rings. The predicted octanol–water partition coefficient (Wildman–Crippen LogP) is 6.87. The molecule has 0 nitrogen and oxygen atoms in total. The summed E-state index contributed by atoms with van der Waals surface area (Å²) in [5, 5.41) is 0. The smallest absolute Gasteiger partial charge is 0.172 e. The maximum atomic E-state index is 4.93. The van der Waals surface area contributed by atoms with Crippen LogP contribution in [0.1, 0.15) is 37.7 Å². The van der Waals surface area contributed by atoms with E-state index in [2.05, 4.69) is 30.8 Å². The molecule has 2 rings (SSSR count). The Kier molecular flexibility index (Phi) is 17.9. The second-order valence-corrected chi connectivity index (χ2v) is 8.30. The molecule has 0 radical (unpaired) electrons. The van der Waals surface area contributed by atoms with Gasteiger partial charge in [-0.2, -0.15) is 35.9 Å². The van der Waals surface area contributed by atoms with Crippen molar-refractivity contribution in [2.24, 2.45) is 0 Å². The molecule has 0 spiro atoms. The number of halogens is 2. The normalized spacial score (nSPS) is 8.67. The molecule has 0 aromatic heterocycles. The first-order valence-corrected chi connectivity index (χ1v) is 13.6. The molecule has 21 heavy (non-hydrogen) atoms. The van der Waals surface area contributed by atoms with Crippen molar-refractivity contribution < 1.29 is 20.8 Å². The van der Waals surface area contributed by atoms with E-state index in [0.717, 1.165) is 0 Å². The molecule has 0 unspecified atom stereocenters. The van der Waals surface area contributed by atoms with Crippen LogP contribution in [0.25, 0.3) is 0 Å². The first-order valence-electron chi connectivity index (χ1n) is 7.29. The minimum atomic E-state index is -0.826. The predicted molar refractivity (Wildman–Crippen MR) is 92.8 cm³/mol. The Balaban J connectivity index is 0.000000410. The zero-order chi connectivity index (χ0) is 15.6. The maximum absolute atomic E-state index is 4.93. The number of hydrogen-bond acceptors (Lipinski definition) is 0. The second-order valence-electron chi connectivity index (χ2n) is 4.57. The van der Waals surface area contributed by atoms with Crippen molar-refractivity contribution in [3.63, 3.8) is 0 Å². The minimum Gasteiger partial charge on any atom is -0.214 e. The van der Waals surface area contributed by atoms with Crippen molar-refractivity contribution in [3.8, 4) is 0 Å². The van der Waals surface area contributed by atoms with Gasteiger partial charge in [-0.25, -0.2) is 24.3 Å². The average molecular weight is 403 g/mol. The van der Waals surface area contributed by atoms with Gasteiger partial charge in [-0.3, -0.25) is 0 Å². The molecule has 0 aliphatic heterocycles. The van der Waals surface area contributed by atoms with Crippen molar-refractivity contribution in [1.82, 2.24) is 0 Å². The molecule has 0 bridgehead atoms. The summed E-state index contributed by atoms with van der Waals surface area (Å²) in [6.45, 7) is 3.72. The minimum absolute atomic E-state index is 0.826. The third-order valence-electron chi connectivity index (χ3n) is 2.91. The van der Waals surface area contributed by atoms with Gasteiger partial charge in [-0.05, 0) is 12.8 Å². The van der Waals surface area contributed by atoms with E-state index in [-0.39, 0.29) is 0 Å². The standard InChI is InChI=1S/C13H19.C5H5.2ClH.Zr/c1-2-3-4-5-6-7-10-13-11-8-9-12-13;1-2-4-5-3-1;;;/h2,8-9,11-12H,1,3-7,10H2;1-5H;2*1H;/q2*-1;;;+4/p-2. The molecule has 0 aliphatic rings. The number of allylic oxidation sites excluding steroid dienone is 1. The molecule has 0 aliphatic carbocycles. The Morgan fingerprint density at radius 2 is 1.52 bits per heavy atom. The quantitative estimate of drug-likeness (QED) is 0.269. The van der Waals surface area contributed by atoms with E-state index in [1.807, 2.05) is 36.4 Å². The number of unbranched alkanes of at least 4 members (excludes halogenated alkanes) is 4. The fourth-order valence-electron chi connectivity index (χ4n) is 1.87. The first-order chi connectivity index (χ1) is 10.3. The van der Waals surface area contributed by atoms with Crippen LogP contribution in [-0.2, 0) is 27.3 Å². The van der Waals surface area contributed by atoms with Gasteiger partial charge in [0.25, 0.3) is 0 Å². The largest absolute Gasteiger partial charge is 0.214 e. The third kappa shape index (κ3) is 16.1. The Hall–Kier alpha value is -0.0969. The van der Waals surface area contributed by atoms with Crippen molar-refractivity contribution in [2.75, 3.05) is 0 Å². The van der Waals surface area contributed by atoms with Crippen LogP contribution in [-0.4, -0.2) is 0 Å². The Labute approximate surface area is 148 Å². The van der Waals surface area contributed by atoms with Crippen molar-refractivity contribution in [1.29, 1.82) is 0 Å². The number of hydrogen-bond donors (Lipinski definition) is 0. The first kappa shape index (κ1) is 20.9. The molecule has 0 amide bonds. The van der Waals surface area contributed by atoms with E-state index in [9.17, 15) is 0 Å². The monoisotopic (exact) mass is 400 g/mol. The van der Waals surface area contributed by atoms with E-state index in [4.69, 9.17) is 17.0 Å². The fourth-order valence-corrected chi connectivity index (χ4v) is 1.87. The van der Waals surface area contributed by atoms with Crippen LogP contribution in [0.5, 0.6) is 0 Å². The summed E-state index contributed by atoms with van der Waals surface area (Å²) in [5.41, 5.74) is 1.49. The van der Waals surface area contributed by atoms with Gasteiger partial charge in [-0.1, -0.05) is 31.8 Å². The summed E-state index contributed by atoms with van der Waals surface area (Å²) in [6.07, 6.45) is 9.80. The van der Waals surface area contributed by atoms with Crippen LogP contribution in [0, 0.1) is 0 Å². The summed E-state index contributed by atoms with van der Waals surface area (Å²) < 4.78 is 0. The van der Waals surface area contributed by atoms with E-state index in [0.29, 0.717) is 0 Å². The molecule has 114 valence electrons. The number of aryl methyl sites for hydroxylation is 1. The van der Waals surface area contributed by atoms with Crippen LogP contribution >= 0.6 is 17.0 Å². The van der Waals surface area contributed by atoms with Crippen LogP contribution in [0.3, 0.4) is 0 Å². The van der Waals surface area contributed by atoms with Gasteiger partial charge in [0.05, 0.1) is 0 Å².